The predicted molar refractivity (Wildman–Crippen MR) is 105 cm³/mol. The summed E-state index contributed by atoms with van der Waals surface area (Å²) < 4.78 is 32.8. The smallest absolute Gasteiger partial charge is 0.252 e. The van der Waals surface area contributed by atoms with Crippen LogP contribution in [-0.2, 0) is 32.5 Å². The summed E-state index contributed by atoms with van der Waals surface area (Å²) in [7, 11) is -3.47. The fourth-order valence-corrected chi connectivity index (χ4v) is 5.76. The third-order valence-electron chi connectivity index (χ3n) is 4.36. The van der Waals surface area contributed by atoms with Crippen LogP contribution in [0.1, 0.15) is 23.8 Å². The maximum Gasteiger partial charge on any atom is 0.252 e. The lowest BCUT2D eigenvalue weighted by atomic mass is 10.1. The van der Waals surface area contributed by atoms with Crippen LogP contribution in [-0.4, -0.2) is 44.4 Å². The summed E-state index contributed by atoms with van der Waals surface area (Å²) in [5.41, 5.74) is 1.28. The molecular weight excluding hydrogens is 384 g/mol. The standard InChI is InChI=1S/C19H24N2O4S2/c1-15(22)20-12-18-9-10-19(26-18)27(23,24)21-13-17(14-21)25-11-5-8-16-6-3-2-4-7-16/h2-4,6-7,9-10,17H,5,8,11-14H2,1H3,(H,20,22). The van der Waals surface area contributed by atoms with Gasteiger partial charge in [-0.05, 0) is 30.5 Å². The number of amides is 1. The van der Waals surface area contributed by atoms with Gasteiger partial charge >= 0.3 is 0 Å². The van der Waals surface area contributed by atoms with Crippen LogP contribution in [0.3, 0.4) is 0 Å². The topological polar surface area (TPSA) is 75.7 Å². The molecule has 146 valence electrons. The van der Waals surface area contributed by atoms with E-state index >= 15 is 0 Å². The molecule has 1 N–H and O–H groups in total. The molecule has 2 aromatic rings. The SMILES string of the molecule is CC(=O)NCc1ccc(S(=O)(=O)N2CC(OCCCc3ccccc3)C2)s1. The van der Waals surface area contributed by atoms with Gasteiger partial charge in [-0.3, -0.25) is 4.79 Å². The Morgan fingerprint density at radius 3 is 2.67 bits per heavy atom. The van der Waals surface area contributed by atoms with Crippen LogP contribution >= 0.6 is 11.3 Å². The highest BCUT2D eigenvalue weighted by Crippen LogP contribution is 2.28. The molecule has 1 aromatic heterocycles. The highest BCUT2D eigenvalue weighted by Gasteiger charge is 2.38. The van der Waals surface area contributed by atoms with E-state index in [2.05, 4.69) is 17.4 Å². The lowest BCUT2D eigenvalue weighted by Gasteiger charge is -2.37. The third kappa shape index (κ3) is 5.38. The van der Waals surface area contributed by atoms with Crippen LogP contribution in [0.15, 0.2) is 46.7 Å². The number of hydrogen-bond donors (Lipinski definition) is 1. The summed E-state index contributed by atoms with van der Waals surface area (Å²) in [4.78, 5) is 11.8. The Morgan fingerprint density at radius 2 is 1.96 bits per heavy atom. The molecule has 1 aliphatic rings. The monoisotopic (exact) mass is 408 g/mol. The van der Waals surface area contributed by atoms with E-state index in [1.807, 2.05) is 18.2 Å². The summed E-state index contributed by atoms with van der Waals surface area (Å²) in [5.74, 6) is -0.136. The van der Waals surface area contributed by atoms with Crippen molar-refractivity contribution in [2.45, 2.75) is 36.6 Å². The second-order valence-electron chi connectivity index (χ2n) is 6.53. The first-order valence-corrected chi connectivity index (χ1v) is 11.2. The molecular formula is C19H24N2O4S2. The Balaban J connectivity index is 1.41. The molecule has 1 aromatic carbocycles. The van der Waals surface area contributed by atoms with Crippen LogP contribution in [0, 0.1) is 0 Å². The molecule has 2 heterocycles. The lowest BCUT2D eigenvalue weighted by Crippen LogP contribution is -2.54. The van der Waals surface area contributed by atoms with Gasteiger partial charge in [0.25, 0.3) is 10.0 Å². The van der Waals surface area contributed by atoms with Crippen molar-refractivity contribution < 1.29 is 17.9 Å². The average Bonchev–Trinajstić information content (AvgIpc) is 3.09. The number of benzene rings is 1. The van der Waals surface area contributed by atoms with Crippen molar-refractivity contribution in [1.29, 1.82) is 0 Å². The molecule has 1 amide bonds. The number of carbonyl (C=O) groups is 1. The maximum atomic E-state index is 12.6. The molecule has 6 nitrogen and oxygen atoms in total. The Bertz CT molecular complexity index is 859. The number of nitrogens with one attached hydrogen (secondary N) is 1. The van der Waals surface area contributed by atoms with Gasteiger partial charge in [-0.1, -0.05) is 30.3 Å². The molecule has 0 unspecified atom stereocenters. The highest BCUT2D eigenvalue weighted by molar-refractivity contribution is 7.91. The molecule has 0 saturated carbocycles. The minimum Gasteiger partial charge on any atom is -0.375 e. The Labute approximate surface area is 164 Å². The number of rotatable bonds is 9. The van der Waals surface area contributed by atoms with Crippen LogP contribution in [0.4, 0.5) is 0 Å². The predicted octanol–water partition coefficient (Wildman–Crippen LogP) is 2.41. The van der Waals surface area contributed by atoms with Crippen LogP contribution in [0.5, 0.6) is 0 Å². The second kappa shape index (κ2) is 8.97. The number of hydrogen-bond acceptors (Lipinski definition) is 5. The second-order valence-corrected chi connectivity index (χ2v) is 9.87. The minimum absolute atomic E-state index is 0.0330. The molecule has 8 heteroatoms. The minimum atomic E-state index is -3.47. The van der Waals surface area contributed by atoms with Gasteiger partial charge in [-0.2, -0.15) is 4.31 Å². The molecule has 0 atom stereocenters. The molecule has 27 heavy (non-hydrogen) atoms. The van der Waals surface area contributed by atoms with Gasteiger partial charge < -0.3 is 10.1 Å². The molecule has 0 bridgehead atoms. The fourth-order valence-electron chi connectivity index (χ4n) is 2.80. The Kier molecular flexibility index (Phi) is 6.64. The Morgan fingerprint density at radius 1 is 1.22 bits per heavy atom. The Hall–Kier alpha value is -1.74. The first-order chi connectivity index (χ1) is 12.9. The fraction of sp³-hybridized carbons (Fsp3) is 0.421. The quantitative estimate of drug-likeness (QED) is 0.647. The number of sulfonamides is 1. The van der Waals surface area contributed by atoms with Crippen LogP contribution in [0.25, 0.3) is 0 Å². The van der Waals surface area contributed by atoms with E-state index in [1.54, 1.807) is 12.1 Å². The summed E-state index contributed by atoms with van der Waals surface area (Å²) in [6.45, 7) is 3.21. The van der Waals surface area contributed by atoms with Crippen molar-refractivity contribution >= 4 is 27.3 Å². The van der Waals surface area contributed by atoms with Crippen molar-refractivity contribution in [1.82, 2.24) is 9.62 Å². The largest absolute Gasteiger partial charge is 0.375 e. The van der Waals surface area contributed by atoms with Crippen molar-refractivity contribution in [3.05, 3.63) is 52.9 Å². The zero-order valence-electron chi connectivity index (χ0n) is 15.3. The number of nitrogens with zero attached hydrogens (tertiary/aromatic N) is 1. The van der Waals surface area contributed by atoms with Gasteiger partial charge in [0.05, 0.1) is 12.6 Å². The number of aryl methyl sites for hydroxylation is 1. The zero-order chi connectivity index (χ0) is 19.3. The van der Waals surface area contributed by atoms with E-state index in [0.29, 0.717) is 30.5 Å². The molecule has 0 spiro atoms. The van der Waals surface area contributed by atoms with Crippen LogP contribution < -0.4 is 5.32 Å². The number of ether oxygens (including phenoxy) is 1. The average molecular weight is 409 g/mol. The normalized spacial score (nSPS) is 15.4. The zero-order valence-corrected chi connectivity index (χ0v) is 16.9. The van der Waals surface area contributed by atoms with E-state index in [-0.39, 0.29) is 12.0 Å². The third-order valence-corrected chi connectivity index (χ3v) is 7.75. The van der Waals surface area contributed by atoms with Gasteiger partial charge in [0, 0.05) is 31.5 Å². The van der Waals surface area contributed by atoms with Crippen molar-refractivity contribution in [3.8, 4) is 0 Å². The van der Waals surface area contributed by atoms with Gasteiger partial charge in [0.1, 0.15) is 4.21 Å². The van der Waals surface area contributed by atoms with E-state index in [4.69, 9.17) is 4.74 Å². The number of thiophene rings is 1. The summed E-state index contributed by atoms with van der Waals surface area (Å²) in [6.07, 6.45) is 1.85. The first-order valence-electron chi connectivity index (χ1n) is 8.94. The highest BCUT2D eigenvalue weighted by atomic mass is 32.2. The molecule has 3 rings (SSSR count). The lowest BCUT2D eigenvalue weighted by molar-refractivity contribution is -0.119. The van der Waals surface area contributed by atoms with Gasteiger partial charge in [-0.25, -0.2) is 8.42 Å². The van der Waals surface area contributed by atoms with Gasteiger partial charge in [0.15, 0.2) is 0 Å². The van der Waals surface area contributed by atoms with E-state index in [0.717, 1.165) is 17.7 Å². The number of carbonyl (C=O) groups excluding carboxylic acids is 1. The van der Waals surface area contributed by atoms with Crippen molar-refractivity contribution in [3.63, 3.8) is 0 Å². The van der Waals surface area contributed by atoms with Crippen LogP contribution in [0.2, 0.25) is 0 Å². The first kappa shape index (κ1) is 20.0. The van der Waals surface area contributed by atoms with E-state index in [1.165, 1.54) is 28.1 Å². The molecule has 1 saturated heterocycles. The molecule has 0 aliphatic carbocycles. The van der Waals surface area contributed by atoms with Gasteiger partial charge in [0.2, 0.25) is 5.91 Å². The van der Waals surface area contributed by atoms with Gasteiger partial charge in [-0.15, -0.1) is 11.3 Å². The van der Waals surface area contributed by atoms with Crippen molar-refractivity contribution in [2.24, 2.45) is 0 Å². The summed E-state index contributed by atoms with van der Waals surface area (Å²) in [6, 6.07) is 13.6. The van der Waals surface area contributed by atoms with Crippen molar-refractivity contribution in [2.75, 3.05) is 19.7 Å². The molecule has 1 aliphatic heterocycles. The summed E-state index contributed by atoms with van der Waals surface area (Å²) in [5, 5.41) is 2.67. The van der Waals surface area contributed by atoms with E-state index < -0.39 is 10.0 Å². The summed E-state index contributed by atoms with van der Waals surface area (Å²) >= 11 is 1.19. The van der Waals surface area contributed by atoms with E-state index in [9.17, 15) is 13.2 Å². The molecule has 1 fully saturated rings. The molecule has 0 radical (unpaired) electrons. The maximum absolute atomic E-state index is 12.6.